The minimum Gasteiger partial charge on any atom is -0.396 e. The van der Waals surface area contributed by atoms with E-state index in [1.165, 1.54) is 0 Å². The van der Waals surface area contributed by atoms with Gasteiger partial charge in [-0.3, -0.25) is 4.68 Å². The summed E-state index contributed by atoms with van der Waals surface area (Å²) in [6.07, 6.45) is 3.72. The zero-order valence-corrected chi connectivity index (χ0v) is 10.4. The van der Waals surface area contributed by atoms with Crippen molar-refractivity contribution in [2.24, 2.45) is 12.5 Å². The molecule has 16 heavy (non-hydrogen) atoms. The molecule has 1 rings (SSSR count). The van der Waals surface area contributed by atoms with E-state index in [1.54, 1.807) is 10.9 Å². The third-order valence-electron chi connectivity index (χ3n) is 3.45. The van der Waals surface area contributed by atoms with Crippen LogP contribution in [-0.2, 0) is 13.6 Å². The van der Waals surface area contributed by atoms with E-state index < -0.39 is 0 Å². The summed E-state index contributed by atoms with van der Waals surface area (Å²) in [4.78, 5) is 0. The molecule has 0 atom stereocenters. The molecule has 0 fully saturated rings. The second-order valence-corrected chi connectivity index (χ2v) is 4.32. The van der Waals surface area contributed by atoms with Gasteiger partial charge in [-0.2, -0.15) is 0 Å². The number of nitrogens with one attached hydrogen (secondary N) is 1. The fourth-order valence-electron chi connectivity index (χ4n) is 1.71. The van der Waals surface area contributed by atoms with Gasteiger partial charge in [0.1, 0.15) is 0 Å². The number of aromatic nitrogens is 3. The minimum atomic E-state index is 0.00597. The smallest absolute Gasteiger partial charge is 0.0738 e. The van der Waals surface area contributed by atoms with E-state index in [1.807, 2.05) is 7.05 Å². The maximum atomic E-state index is 9.42. The topological polar surface area (TPSA) is 63.0 Å². The van der Waals surface area contributed by atoms with Crippen molar-refractivity contribution in [2.45, 2.75) is 33.2 Å². The lowest BCUT2D eigenvalue weighted by molar-refractivity contribution is 0.113. The van der Waals surface area contributed by atoms with Gasteiger partial charge in [0.05, 0.1) is 11.9 Å². The molecule has 5 nitrogen and oxygen atoms in total. The predicted molar refractivity (Wildman–Crippen MR) is 62.8 cm³/mol. The van der Waals surface area contributed by atoms with Crippen LogP contribution in [0.2, 0.25) is 0 Å². The standard InChI is InChI=1S/C11H22N4O/c1-4-11(5-2,9-16)8-12-6-10-7-13-14-15(10)3/h7,12,16H,4-6,8-9H2,1-3H3. The lowest BCUT2D eigenvalue weighted by atomic mass is 9.83. The first kappa shape index (κ1) is 13.1. The molecule has 0 aliphatic carbocycles. The molecule has 1 aromatic rings. The maximum absolute atomic E-state index is 9.42. The lowest BCUT2D eigenvalue weighted by Gasteiger charge is -2.29. The summed E-state index contributed by atoms with van der Waals surface area (Å²) in [5.74, 6) is 0. The molecule has 0 radical (unpaired) electrons. The molecule has 92 valence electrons. The highest BCUT2D eigenvalue weighted by Gasteiger charge is 2.24. The Morgan fingerprint density at radius 2 is 2.12 bits per heavy atom. The molecule has 0 aliphatic rings. The number of aliphatic hydroxyl groups excluding tert-OH is 1. The molecule has 0 aliphatic heterocycles. The van der Waals surface area contributed by atoms with Crippen molar-refractivity contribution < 1.29 is 5.11 Å². The molecular formula is C11H22N4O. The minimum absolute atomic E-state index is 0.00597. The van der Waals surface area contributed by atoms with Crippen LogP contribution in [0.4, 0.5) is 0 Å². The predicted octanol–water partition coefficient (Wildman–Crippen LogP) is 0.703. The highest BCUT2D eigenvalue weighted by atomic mass is 16.3. The fraction of sp³-hybridized carbons (Fsp3) is 0.818. The van der Waals surface area contributed by atoms with E-state index in [9.17, 15) is 5.11 Å². The van der Waals surface area contributed by atoms with Gasteiger partial charge in [-0.05, 0) is 12.8 Å². The van der Waals surface area contributed by atoms with Crippen molar-refractivity contribution in [3.8, 4) is 0 Å². The number of hydrogen-bond donors (Lipinski definition) is 2. The third-order valence-corrected chi connectivity index (χ3v) is 3.45. The van der Waals surface area contributed by atoms with Gasteiger partial charge in [-0.1, -0.05) is 19.1 Å². The Balaban J connectivity index is 2.42. The van der Waals surface area contributed by atoms with Gasteiger partial charge >= 0.3 is 0 Å². The Hall–Kier alpha value is -0.940. The van der Waals surface area contributed by atoms with Gasteiger partial charge in [0.15, 0.2) is 0 Å². The molecule has 0 saturated heterocycles. The molecule has 0 amide bonds. The highest BCUT2D eigenvalue weighted by molar-refractivity contribution is 4.92. The van der Waals surface area contributed by atoms with Crippen molar-refractivity contribution >= 4 is 0 Å². The van der Waals surface area contributed by atoms with Crippen LogP contribution in [-0.4, -0.2) is 33.3 Å². The molecular weight excluding hydrogens is 204 g/mol. The number of aryl methyl sites for hydroxylation is 1. The first-order chi connectivity index (χ1) is 7.67. The van der Waals surface area contributed by atoms with Gasteiger partial charge in [-0.25, -0.2) is 0 Å². The van der Waals surface area contributed by atoms with Crippen LogP contribution in [0.3, 0.4) is 0 Å². The molecule has 5 heteroatoms. The first-order valence-corrected chi connectivity index (χ1v) is 5.82. The number of nitrogens with zero attached hydrogens (tertiary/aromatic N) is 3. The molecule has 1 aromatic heterocycles. The molecule has 0 saturated carbocycles. The Kier molecular flexibility index (Phi) is 4.89. The van der Waals surface area contributed by atoms with Crippen LogP contribution in [0.5, 0.6) is 0 Å². The van der Waals surface area contributed by atoms with Crippen LogP contribution in [0.25, 0.3) is 0 Å². The third kappa shape index (κ3) is 3.02. The molecule has 0 bridgehead atoms. The average Bonchev–Trinajstić information content (AvgIpc) is 2.71. The van der Waals surface area contributed by atoms with Gasteiger partial charge in [0.2, 0.25) is 0 Å². The largest absolute Gasteiger partial charge is 0.396 e. The Morgan fingerprint density at radius 3 is 2.56 bits per heavy atom. The van der Waals surface area contributed by atoms with Crippen molar-refractivity contribution in [3.63, 3.8) is 0 Å². The summed E-state index contributed by atoms with van der Waals surface area (Å²) < 4.78 is 1.76. The lowest BCUT2D eigenvalue weighted by Crippen LogP contribution is -2.36. The molecule has 0 unspecified atom stereocenters. The van der Waals surface area contributed by atoms with Crippen LogP contribution in [0.15, 0.2) is 6.20 Å². The zero-order valence-electron chi connectivity index (χ0n) is 10.4. The second-order valence-electron chi connectivity index (χ2n) is 4.32. The Morgan fingerprint density at radius 1 is 1.44 bits per heavy atom. The highest BCUT2D eigenvalue weighted by Crippen LogP contribution is 2.24. The van der Waals surface area contributed by atoms with E-state index in [2.05, 4.69) is 29.5 Å². The number of hydrogen-bond acceptors (Lipinski definition) is 4. The molecule has 0 aromatic carbocycles. The fourth-order valence-corrected chi connectivity index (χ4v) is 1.71. The maximum Gasteiger partial charge on any atom is 0.0738 e. The summed E-state index contributed by atoms with van der Waals surface area (Å²) in [5.41, 5.74) is 1.06. The SMILES string of the molecule is CCC(CC)(CO)CNCc1cnnn1C. The summed E-state index contributed by atoms with van der Waals surface area (Å²) >= 11 is 0. The van der Waals surface area contributed by atoms with Crippen molar-refractivity contribution in [1.82, 2.24) is 20.3 Å². The Bertz CT molecular complexity index is 298. The van der Waals surface area contributed by atoms with Crippen molar-refractivity contribution in [2.75, 3.05) is 13.2 Å². The quantitative estimate of drug-likeness (QED) is 0.718. The van der Waals surface area contributed by atoms with Crippen LogP contribution < -0.4 is 5.32 Å². The monoisotopic (exact) mass is 226 g/mol. The van der Waals surface area contributed by atoms with Crippen molar-refractivity contribution in [3.05, 3.63) is 11.9 Å². The summed E-state index contributed by atoms with van der Waals surface area (Å²) in [6.45, 7) is 6.03. The Labute approximate surface area is 96.9 Å². The molecule has 0 spiro atoms. The van der Waals surface area contributed by atoms with E-state index in [-0.39, 0.29) is 12.0 Å². The van der Waals surface area contributed by atoms with Gasteiger partial charge < -0.3 is 10.4 Å². The van der Waals surface area contributed by atoms with E-state index in [0.717, 1.165) is 31.6 Å². The van der Waals surface area contributed by atoms with Gasteiger partial charge in [-0.15, -0.1) is 5.10 Å². The number of rotatable bonds is 7. The van der Waals surface area contributed by atoms with Gasteiger partial charge in [0.25, 0.3) is 0 Å². The van der Waals surface area contributed by atoms with Crippen LogP contribution in [0, 0.1) is 5.41 Å². The van der Waals surface area contributed by atoms with E-state index >= 15 is 0 Å². The average molecular weight is 226 g/mol. The summed E-state index contributed by atoms with van der Waals surface area (Å²) in [7, 11) is 1.88. The van der Waals surface area contributed by atoms with Gasteiger partial charge in [0, 0.05) is 32.2 Å². The zero-order chi connectivity index (χ0) is 12.0. The number of aliphatic hydroxyl groups is 1. The van der Waals surface area contributed by atoms with E-state index in [4.69, 9.17) is 0 Å². The summed E-state index contributed by atoms with van der Waals surface area (Å²) in [6, 6.07) is 0. The normalized spacial score (nSPS) is 12.0. The molecule has 1 heterocycles. The first-order valence-electron chi connectivity index (χ1n) is 5.82. The van der Waals surface area contributed by atoms with Crippen LogP contribution in [0.1, 0.15) is 32.4 Å². The van der Waals surface area contributed by atoms with E-state index in [0.29, 0.717) is 0 Å². The molecule has 2 N–H and O–H groups in total. The van der Waals surface area contributed by atoms with Crippen molar-refractivity contribution in [1.29, 1.82) is 0 Å². The summed E-state index contributed by atoms with van der Waals surface area (Å²) in [5, 5.41) is 20.5. The van der Waals surface area contributed by atoms with Crippen LogP contribution >= 0.6 is 0 Å². The second kappa shape index (κ2) is 5.96.